The zero-order chi connectivity index (χ0) is 12.8. The lowest BCUT2D eigenvalue weighted by molar-refractivity contribution is -0.0327. The zero-order valence-corrected chi connectivity index (χ0v) is 11.8. The van der Waals surface area contributed by atoms with Crippen molar-refractivity contribution >= 4 is 0 Å². The molecule has 0 aliphatic heterocycles. The summed E-state index contributed by atoms with van der Waals surface area (Å²) >= 11 is 0. The normalized spacial score (nSPS) is 17.8. The van der Waals surface area contributed by atoms with Gasteiger partial charge in [0.05, 0.1) is 12.2 Å². The fourth-order valence-corrected chi connectivity index (χ4v) is 1.52. The number of ether oxygens (including phenoxy) is 1. The minimum absolute atomic E-state index is 0.265. The highest BCUT2D eigenvalue weighted by Gasteiger charge is 2.29. The first kappa shape index (κ1) is 15.9. The van der Waals surface area contributed by atoms with Crippen molar-refractivity contribution in [2.75, 3.05) is 26.8 Å². The lowest BCUT2D eigenvalue weighted by Crippen LogP contribution is -2.48. The van der Waals surface area contributed by atoms with Crippen LogP contribution in [0.5, 0.6) is 0 Å². The number of rotatable bonds is 8. The van der Waals surface area contributed by atoms with Crippen LogP contribution in [0, 0.1) is 5.92 Å². The highest BCUT2D eigenvalue weighted by atomic mass is 16.5. The predicted molar refractivity (Wildman–Crippen MR) is 68.7 cm³/mol. The monoisotopic (exact) mass is 231 g/mol. The number of nitrogens with zero attached hydrogens (tertiary/aromatic N) is 1. The van der Waals surface area contributed by atoms with Crippen LogP contribution >= 0.6 is 0 Å². The highest BCUT2D eigenvalue weighted by molar-refractivity contribution is 4.82. The summed E-state index contributed by atoms with van der Waals surface area (Å²) in [6, 6.07) is 0.486. The first-order chi connectivity index (χ1) is 7.35. The largest absolute Gasteiger partial charge is 0.389 e. The van der Waals surface area contributed by atoms with Crippen molar-refractivity contribution in [3.8, 4) is 0 Å². The Morgan fingerprint density at radius 1 is 1.31 bits per heavy atom. The second-order valence-corrected chi connectivity index (χ2v) is 5.23. The van der Waals surface area contributed by atoms with Crippen LogP contribution in [-0.4, -0.2) is 48.5 Å². The number of methoxy groups -OCH3 is 1. The van der Waals surface area contributed by atoms with Gasteiger partial charge in [-0.15, -0.1) is 0 Å². The Morgan fingerprint density at radius 2 is 1.88 bits per heavy atom. The Kier molecular flexibility index (Phi) is 7.20. The lowest BCUT2D eigenvalue weighted by atomic mass is 9.91. The van der Waals surface area contributed by atoms with E-state index in [2.05, 4.69) is 32.6 Å². The summed E-state index contributed by atoms with van der Waals surface area (Å²) in [4.78, 5) is 2.31. The van der Waals surface area contributed by atoms with E-state index in [1.54, 1.807) is 7.11 Å². The van der Waals surface area contributed by atoms with Crippen LogP contribution in [0.15, 0.2) is 0 Å². The smallest absolute Gasteiger partial charge is 0.0768 e. The third kappa shape index (κ3) is 5.28. The minimum Gasteiger partial charge on any atom is -0.389 e. The van der Waals surface area contributed by atoms with Gasteiger partial charge in [0.25, 0.3) is 0 Å². The van der Waals surface area contributed by atoms with Gasteiger partial charge >= 0.3 is 0 Å². The molecule has 98 valence electrons. The molecule has 0 saturated carbocycles. The molecule has 1 N–H and O–H groups in total. The maximum Gasteiger partial charge on any atom is 0.0768 e. The molecule has 0 aliphatic rings. The number of aliphatic hydroxyl groups is 1. The summed E-state index contributed by atoms with van der Waals surface area (Å²) in [5.41, 5.74) is -0.628. The highest BCUT2D eigenvalue weighted by Crippen LogP contribution is 2.19. The summed E-state index contributed by atoms with van der Waals surface area (Å²) < 4.78 is 5.12. The minimum atomic E-state index is -0.628. The molecule has 0 radical (unpaired) electrons. The van der Waals surface area contributed by atoms with Crippen LogP contribution < -0.4 is 0 Å². The molecule has 0 heterocycles. The third-order valence-corrected chi connectivity index (χ3v) is 3.56. The number of hydrogen-bond donors (Lipinski definition) is 1. The van der Waals surface area contributed by atoms with Crippen molar-refractivity contribution in [1.82, 2.24) is 4.90 Å². The molecule has 2 atom stereocenters. The quantitative estimate of drug-likeness (QED) is 0.695. The molecule has 0 aromatic rings. The Balaban J connectivity index is 4.40. The van der Waals surface area contributed by atoms with Crippen LogP contribution in [0.4, 0.5) is 0 Å². The van der Waals surface area contributed by atoms with Crippen LogP contribution in [0.3, 0.4) is 0 Å². The molecule has 0 amide bonds. The van der Waals surface area contributed by atoms with E-state index in [1.165, 1.54) is 0 Å². The molecule has 2 unspecified atom stereocenters. The van der Waals surface area contributed by atoms with Crippen molar-refractivity contribution < 1.29 is 9.84 Å². The standard InChI is InChI=1S/C13H29NO2/c1-7-12(4)14(8-9-16-6)10-13(5,15)11(2)3/h11-12,15H,7-10H2,1-6H3. The molecule has 0 saturated heterocycles. The summed E-state index contributed by atoms with van der Waals surface area (Å²) in [5.74, 6) is 0.265. The molecule has 0 fully saturated rings. The SMILES string of the molecule is CCC(C)N(CCOC)CC(C)(O)C(C)C. The van der Waals surface area contributed by atoms with E-state index < -0.39 is 5.60 Å². The van der Waals surface area contributed by atoms with Gasteiger partial charge in [-0.2, -0.15) is 0 Å². The molecule has 0 aromatic heterocycles. The van der Waals surface area contributed by atoms with Crippen molar-refractivity contribution in [3.63, 3.8) is 0 Å². The molecular weight excluding hydrogens is 202 g/mol. The van der Waals surface area contributed by atoms with E-state index in [-0.39, 0.29) is 5.92 Å². The Hall–Kier alpha value is -0.120. The molecule has 0 aliphatic carbocycles. The van der Waals surface area contributed by atoms with Gasteiger partial charge in [0.1, 0.15) is 0 Å². The summed E-state index contributed by atoms with van der Waals surface area (Å²) in [5, 5.41) is 10.3. The molecule has 16 heavy (non-hydrogen) atoms. The second-order valence-electron chi connectivity index (χ2n) is 5.23. The van der Waals surface area contributed by atoms with Gasteiger partial charge in [0, 0.05) is 26.2 Å². The molecule has 0 aromatic carbocycles. The first-order valence-electron chi connectivity index (χ1n) is 6.30. The fraction of sp³-hybridized carbons (Fsp3) is 1.00. The van der Waals surface area contributed by atoms with Gasteiger partial charge in [-0.25, -0.2) is 0 Å². The van der Waals surface area contributed by atoms with Gasteiger partial charge < -0.3 is 9.84 Å². The summed E-state index contributed by atoms with van der Waals surface area (Å²) in [6.07, 6.45) is 1.10. The van der Waals surface area contributed by atoms with E-state index in [1.807, 2.05) is 6.92 Å². The van der Waals surface area contributed by atoms with E-state index >= 15 is 0 Å². The molecule has 3 nitrogen and oxygen atoms in total. The lowest BCUT2D eigenvalue weighted by Gasteiger charge is -2.37. The topological polar surface area (TPSA) is 32.7 Å². The molecular formula is C13H29NO2. The van der Waals surface area contributed by atoms with Crippen LogP contribution in [-0.2, 0) is 4.74 Å². The van der Waals surface area contributed by atoms with Crippen molar-refractivity contribution in [2.24, 2.45) is 5.92 Å². The van der Waals surface area contributed by atoms with Crippen molar-refractivity contribution in [3.05, 3.63) is 0 Å². The van der Waals surface area contributed by atoms with Gasteiger partial charge in [-0.3, -0.25) is 4.90 Å². The average molecular weight is 231 g/mol. The van der Waals surface area contributed by atoms with Gasteiger partial charge in [0.2, 0.25) is 0 Å². The second kappa shape index (κ2) is 7.25. The molecule has 0 rings (SSSR count). The van der Waals surface area contributed by atoms with Gasteiger partial charge in [-0.05, 0) is 26.2 Å². The summed E-state index contributed by atoms with van der Waals surface area (Å²) in [6.45, 7) is 12.7. The van der Waals surface area contributed by atoms with Gasteiger partial charge in [0.15, 0.2) is 0 Å². The predicted octanol–water partition coefficient (Wildman–Crippen LogP) is 2.14. The van der Waals surface area contributed by atoms with Crippen molar-refractivity contribution in [2.45, 2.75) is 52.7 Å². The third-order valence-electron chi connectivity index (χ3n) is 3.56. The van der Waals surface area contributed by atoms with E-state index in [0.29, 0.717) is 12.6 Å². The molecule has 3 heteroatoms. The van der Waals surface area contributed by atoms with Crippen LogP contribution in [0.1, 0.15) is 41.0 Å². The number of hydrogen-bond acceptors (Lipinski definition) is 3. The van der Waals surface area contributed by atoms with E-state index in [0.717, 1.165) is 19.6 Å². The van der Waals surface area contributed by atoms with Crippen LogP contribution in [0.25, 0.3) is 0 Å². The Morgan fingerprint density at radius 3 is 2.25 bits per heavy atom. The Labute approximate surface area is 101 Å². The fourth-order valence-electron chi connectivity index (χ4n) is 1.52. The van der Waals surface area contributed by atoms with Gasteiger partial charge in [-0.1, -0.05) is 20.8 Å². The van der Waals surface area contributed by atoms with Crippen LogP contribution in [0.2, 0.25) is 0 Å². The van der Waals surface area contributed by atoms with Crippen molar-refractivity contribution in [1.29, 1.82) is 0 Å². The average Bonchev–Trinajstić information content (AvgIpc) is 2.22. The maximum atomic E-state index is 10.3. The Bertz CT molecular complexity index is 181. The first-order valence-corrected chi connectivity index (χ1v) is 6.30. The molecule has 0 bridgehead atoms. The van der Waals surface area contributed by atoms with E-state index in [4.69, 9.17) is 4.74 Å². The maximum absolute atomic E-state index is 10.3. The summed E-state index contributed by atoms with van der Waals surface area (Å²) in [7, 11) is 1.72. The zero-order valence-electron chi connectivity index (χ0n) is 11.8. The molecule has 0 spiro atoms. The van der Waals surface area contributed by atoms with E-state index in [9.17, 15) is 5.11 Å².